The second-order valence-electron chi connectivity index (χ2n) is 4.73. The van der Waals surface area contributed by atoms with E-state index in [-0.39, 0.29) is 0 Å². The Balaban J connectivity index is 2.11. The molecule has 1 aromatic heterocycles. The molecule has 0 amide bonds. The lowest BCUT2D eigenvalue weighted by Crippen LogP contribution is -2.37. The summed E-state index contributed by atoms with van der Waals surface area (Å²) < 4.78 is 5.20. The highest BCUT2D eigenvalue weighted by molar-refractivity contribution is 5.54. The van der Waals surface area contributed by atoms with Gasteiger partial charge >= 0.3 is 0 Å². The first kappa shape index (κ1) is 13.0. The summed E-state index contributed by atoms with van der Waals surface area (Å²) in [4.78, 5) is 8.58. The number of ether oxygens (including phenoxy) is 1. The molecule has 2 heterocycles. The van der Waals surface area contributed by atoms with Gasteiger partial charge in [-0.3, -0.25) is 0 Å². The molecule has 0 radical (unpaired) electrons. The SMILES string of the molecule is CCc1nc(N)c(C)c(NCC2(O)CCOC2)n1. The number of nitrogens with one attached hydrogen (secondary N) is 1. The van der Waals surface area contributed by atoms with Gasteiger partial charge in [-0.05, 0) is 6.92 Å². The molecule has 0 bridgehead atoms. The second-order valence-corrected chi connectivity index (χ2v) is 4.73. The number of hydrogen-bond acceptors (Lipinski definition) is 6. The van der Waals surface area contributed by atoms with Gasteiger partial charge in [0, 0.05) is 31.6 Å². The maximum atomic E-state index is 10.2. The van der Waals surface area contributed by atoms with Gasteiger partial charge in [0.1, 0.15) is 23.1 Å². The number of aryl methyl sites for hydroxylation is 1. The number of nitrogens with two attached hydrogens (primary N) is 1. The second kappa shape index (κ2) is 5.07. The Kier molecular flexibility index (Phi) is 3.68. The molecule has 4 N–H and O–H groups in total. The summed E-state index contributed by atoms with van der Waals surface area (Å²) in [6.07, 6.45) is 1.37. The number of hydrogen-bond donors (Lipinski definition) is 3. The Labute approximate surface area is 107 Å². The molecule has 1 saturated heterocycles. The minimum atomic E-state index is -0.807. The molecule has 0 spiro atoms. The van der Waals surface area contributed by atoms with Crippen molar-refractivity contribution in [3.63, 3.8) is 0 Å². The van der Waals surface area contributed by atoms with Crippen LogP contribution in [0.1, 0.15) is 24.7 Å². The van der Waals surface area contributed by atoms with E-state index in [1.54, 1.807) is 0 Å². The van der Waals surface area contributed by atoms with E-state index < -0.39 is 5.60 Å². The summed E-state index contributed by atoms with van der Waals surface area (Å²) in [7, 11) is 0. The van der Waals surface area contributed by atoms with Crippen molar-refractivity contribution in [2.75, 3.05) is 30.8 Å². The Morgan fingerprint density at radius 1 is 1.50 bits per heavy atom. The van der Waals surface area contributed by atoms with E-state index in [4.69, 9.17) is 10.5 Å². The monoisotopic (exact) mass is 252 g/mol. The third-order valence-corrected chi connectivity index (χ3v) is 3.21. The van der Waals surface area contributed by atoms with Crippen LogP contribution >= 0.6 is 0 Å². The molecule has 2 rings (SSSR count). The number of aliphatic hydroxyl groups is 1. The normalized spacial score (nSPS) is 23.3. The molecule has 100 valence electrons. The average molecular weight is 252 g/mol. The fraction of sp³-hybridized carbons (Fsp3) is 0.667. The Morgan fingerprint density at radius 2 is 2.28 bits per heavy atom. The van der Waals surface area contributed by atoms with E-state index in [1.807, 2.05) is 13.8 Å². The Morgan fingerprint density at radius 3 is 2.89 bits per heavy atom. The molecule has 6 nitrogen and oxygen atoms in total. The lowest BCUT2D eigenvalue weighted by atomic mass is 10.0. The summed E-state index contributed by atoms with van der Waals surface area (Å²) >= 11 is 0. The van der Waals surface area contributed by atoms with Crippen LogP contribution in [0.5, 0.6) is 0 Å². The number of aromatic nitrogens is 2. The van der Waals surface area contributed by atoms with Crippen molar-refractivity contribution in [1.29, 1.82) is 0 Å². The van der Waals surface area contributed by atoms with Crippen molar-refractivity contribution in [2.24, 2.45) is 0 Å². The molecule has 6 heteroatoms. The molecule has 1 atom stereocenters. The third kappa shape index (κ3) is 2.70. The fourth-order valence-electron chi connectivity index (χ4n) is 1.90. The zero-order valence-electron chi connectivity index (χ0n) is 10.9. The average Bonchev–Trinajstić information content (AvgIpc) is 2.78. The summed E-state index contributed by atoms with van der Waals surface area (Å²) in [5.74, 6) is 1.88. The van der Waals surface area contributed by atoms with Crippen molar-refractivity contribution in [3.8, 4) is 0 Å². The molecule has 1 fully saturated rings. The standard InChI is InChI=1S/C12H20N4O2/c1-3-9-15-10(13)8(2)11(16-9)14-6-12(17)4-5-18-7-12/h17H,3-7H2,1-2H3,(H3,13,14,15,16). The van der Waals surface area contributed by atoms with Gasteiger partial charge in [-0.25, -0.2) is 9.97 Å². The maximum absolute atomic E-state index is 10.2. The van der Waals surface area contributed by atoms with Gasteiger partial charge < -0.3 is 20.9 Å². The van der Waals surface area contributed by atoms with Crippen LogP contribution in [0.2, 0.25) is 0 Å². The van der Waals surface area contributed by atoms with Crippen LogP contribution < -0.4 is 11.1 Å². The molecular formula is C12H20N4O2. The van der Waals surface area contributed by atoms with E-state index in [9.17, 15) is 5.11 Å². The molecule has 0 saturated carbocycles. The van der Waals surface area contributed by atoms with Gasteiger partial charge in [-0.2, -0.15) is 0 Å². The summed E-state index contributed by atoms with van der Waals surface area (Å²) in [6, 6.07) is 0. The maximum Gasteiger partial charge on any atom is 0.134 e. The Hall–Kier alpha value is -1.40. The van der Waals surface area contributed by atoms with Gasteiger partial charge in [0.2, 0.25) is 0 Å². The van der Waals surface area contributed by atoms with Gasteiger partial charge in [0.15, 0.2) is 0 Å². The van der Waals surface area contributed by atoms with Crippen molar-refractivity contribution in [2.45, 2.75) is 32.3 Å². The molecule has 1 unspecified atom stereocenters. The highest BCUT2D eigenvalue weighted by Gasteiger charge is 2.32. The summed E-state index contributed by atoms with van der Waals surface area (Å²) in [6.45, 7) is 5.22. The van der Waals surface area contributed by atoms with Gasteiger partial charge in [0.05, 0.1) is 6.61 Å². The number of nitrogen functional groups attached to an aromatic ring is 1. The molecule has 1 aliphatic heterocycles. The fourth-order valence-corrected chi connectivity index (χ4v) is 1.90. The van der Waals surface area contributed by atoms with Crippen LogP contribution in [0.15, 0.2) is 0 Å². The first-order chi connectivity index (χ1) is 8.54. The number of rotatable bonds is 4. The van der Waals surface area contributed by atoms with E-state index in [1.165, 1.54) is 0 Å². The van der Waals surface area contributed by atoms with Crippen LogP contribution in [0.4, 0.5) is 11.6 Å². The first-order valence-corrected chi connectivity index (χ1v) is 6.21. The topological polar surface area (TPSA) is 93.3 Å². The largest absolute Gasteiger partial charge is 0.386 e. The highest BCUT2D eigenvalue weighted by atomic mass is 16.5. The summed E-state index contributed by atoms with van der Waals surface area (Å²) in [5, 5.41) is 13.3. The number of anilines is 2. The number of nitrogens with zero attached hydrogens (tertiary/aromatic N) is 2. The van der Waals surface area contributed by atoms with E-state index in [0.29, 0.717) is 43.6 Å². The van der Waals surface area contributed by atoms with Crippen LogP contribution in [0.3, 0.4) is 0 Å². The van der Waals surface area contributed by atoms with Crippen LogP contribution in [-0.4, -0.2) is 40.4 Å². The van der Waals surface area contributed by atoms with Gasteiger partial charge in [0.25, 0.3) is 0 Å². The van der Waals surface area contributed by atoms with Gasteiger partial charge in [-0.15, -0.1) is 0 Å². The zero-order valence-corrected chi connectivity index (χ0v) is 10.9. The van der Waals surface area contributed by atoms with Crippen LogP contribution in [0, 0.1) is 6.92 Å². The molecule has 1 aliphatic rings. The predicted octanol–water partition coefficient (Wildman–Crippen LogP) is 0.493. The van der Waals surface area contributed by atoms with Crippen molar-refractivity contribution < 1.29 is 9.84 Å². The van der Waals surface area contributed by atoms with E-state index >= 15 is 0 Å². The lowest BCUT2D eigenvalue weighted by molar-refractivity contribution is 0.0381. The van der Waals surface area contributed by atoms with Crippen molar-refractivity contribution in [1.82, 2.24) is 9.97 Å². The van der Waals surface area contributed by atoms with Gasteiger partial charge in [-0.1, -0.05) is 6.92 Å². The van der Waals surface area contributed by atoms with E-state index in [2.05, 4.69) is 15.3 Å². The molecule has 0 aromatic carbocycles. The van der Waals surface area contributed by atoms with E-state index in [0.717, 1.165) is 12.0 Å². The smallest absolute Gasteiger partial charge is 0.134 e. The highest BCUT2D eigenvalue weighted by Crippen LogP contribution is 2.22. The lowest BCUT2D eigenvalue weighted by Gasteiger charge is -2.22. The third-order valence-electron chi connectivity index (χ3n) is 3.21. The quantitative estimate of drug-likeness (QED) is 0.722. The van der Waals surface area contributed by atoms with Crippen molar-refractivity contribution in [3.05, 3.63) is 11.4 Å². The minimum Gasteiger partial charge on any atom is -0.386 e. The van der Waals surface area contributed by atoms with Crippen molar-refractivity contribution >= 4 is 11.6 Å². The minimum absolute atomic E-state index is 0.361. The molecule has 0 aliphatic carbocycles. The predicted molar refractivity (Wildman–Crippen MR) is 69.4 cm³/mol. The molecular weight excluding hydrogens is 232 g/mol. The first-order valence-electron chi connectivity index (χ1n) is 6.21. The van der Waals surface area contributed by atoms with Crippen LogP contribution in [0.25, 0.3) is 0 Å². The Bertz CT molecular complexity index is 430. The van der Waals surface area contributed by atoms with Crippen LogP contribution in [-0.2, 0) is 11.2 Å². The molecule has 1 aromatic rings. The summed E-state index contributed by atoms with van der Waals surface area (Å²) in [5.41, 5.74) is 5.84. The molecule has 18 heavy (non-hydrogen) atoms. The zero-order chi connectivity index (χ0) is 13.2.